The minimum atomic E-state index is -0.0166. The molecule has 2 aromatic carbocycles. The van der Waals surface area contributed by atoms with Crippen LogP contribution in [0, 0.1) is 0 Å². The van der Waals surface area contributed by atoms with E-state index >= 15 is 0 Å². The number of phenolic OH excluding ortho intramolecular Hbond substituents is 1. The largest absolute Gasteiger partial charge is 0.508 e. The van der Waals surface area contributed by atoms with E-state index in [2.05, 4.69) is 30.5 Å². The molecule has 1 saturated carbocycles. The number of ether oxygens (including phenoxy) is 8. The zero-order valence-corrected chi connectivity index (χ0v) is 35.0. The summed E-state index contributed by atoms with van der Waals surface area (Å²) in [6, 6.07) is 15.5. The number of nitrogens with zero attached hydrogens (tertiary/aromatic N) is 3. The lowest BCUT2D eigenvalue weighted by atomic mass is 9.97. The second kappa shape index (κ2) is 21.8. The first-order chi connectivity index (χ1) is 28.7. The van der Waals surface area contributed by atoms with Gasteiger partial charge in [-0.2, -0.15) is 5.10 Å². The number of aromatic hydroxyl groups is 1. The van der Waals surface area contributed by atoms with Gasteiger partial charge in [-0.1, -0.05) is 19.1 Å². The molecular weight excluding hydrogens is 757 g/mol. The van der Waals surface area contributed by atoms with Crippen LogP contribution in [-0.2, 0) is 39.6 Å². The Balaban J connectivity index is 0.928. The van der Waals surface area contributed by atoms with Crippen molar-refractivity contribution in [3.8, 4) is 22.6 Å². The van der Waals surface area contributed by atoms with Crippen molar-refractivity contribution in [2.75, 3.05) is 105 Å². The molecular formula is C44H62N6O9. The molecule has 2 fully saturated rings. The van der Waals surface area contributed by atoms with E-state index in [0.29, 0.717) is 105 Å². The fraction of sp³-hybridized carbons (Fsp3) is 0.545. The summed E-state index contributed by atoms with van der Waals surface area (Å²) >= 11 is 0. The summed E-state index contributed by atoms with van der Waals surface area (Å²) in [6.45, 7) is 13.7. The SMILES string of the molecule is CCc1cc(O)ccc1N=C(N)c1cnn2cc(-c3ccc(OCCOCCOCCOCCOCCOCCOCCOC)cc3)cc2c1NC1CC[C@]2(C)NC12C. The average molecular weight is 819 g/mol. The molecule has 6 rings (SSSR count). The van der Waals surface area contributed by atoms with Gasteiger partial charge in [0.1, 0.15) is 23.9 Å². The van der Waals surface area contributed by atoms with Crippen LogP contribution in [0.25, 0.3) is 16.6 Å². The summed E-state index contributed by atoms with van der Waals surface area (Å²) in [7, 11) is 1.65. The third-order valence-electron chi connectivity index (χ3n) is 11.1. The van der Waals surface area contributed by atoms with Gasteiger partial charge in [-0.15, -0.1) is 0 Å². The van der Waals surface area contributed by atoms with Crippen LogP contribution in [0.2, 0.25) is 0 Å². The maximum atomic E-state index is 10.0. The van der Waals surface area contributed by atoms with Crippen LogP contribution >= 0.6 is 0 Å². The number of benzene rings is 2. The van der Waals surface area contributed by atoms with Gasteiger partial charge in [0.2, 0.25) is 0 Å². The van der Waals surface area contributed by atoms with Gasteiger partial charge in [-0.05, 0) is 80.6 Å². The molecule has 15 nitrogen and oxygen atoms in total. The fourth-order valence-electron chi connectivity index (χ4n) is 7.47. The third-order valence-corrected chi connectivity index (χ3v) is 11.1. The maximum absolute atomic E-state index is 10.0. The fourth-order valence-corrected chi connectivity index (χ4v) is 7.47. The Morgan fingerprint density at radius 1 is 0.831 bits per heavy atom. The van der Waals surface area contributed by atoms with Gasteiger partial charge >= 0.3 is 0 Å². The van der Waals surface area contributed by atoms with Crippen molar-refractivity contribution in [1.29, 1.82) is 0 Å². The predicted octanol–water partition coefficient (Wildman–Crippen LogP) is 5.13. The molecule has 0 bridgehead atoms. The minimum absolute atomic E-state index is 0.0166. The van der Waals surface area contributed by atoms with Crippen LogP contribution in [-0.4, -0.2) is 137 Å². The highest BCUT2D eigenvalue weighted by Gasteiger charge is 2.68. The lowest BCUT2D eigenvalue weighted by Gasteiger charge is -2.23. The molecule has 4 aromatic rings. The molecule has 3 heterocycles. The average Bonchev–Trinajstić information content (AvgIpc) is 3.45. The van der Waals surface area contributed by atoms with E-state index < -0.39 is 0 Å². The van der Waals surface area contributed by atoms with Gasteiger partial charge in [-0.25, -0.2) is 9.51 Å². The highest BCUT2D eigenvalue weighted by Crippen LogP contribution is 2.52. The number of phenols is 1. The summed E-state index contributed by atoms with van der Waals surface area (Å²) < 4.78 is 45.8. The van der Waals surface area contributed by atoms with Gasteiger partial charge in [-0.3, -0.25) is 0 Å². The molecule has 1 aliphatic carbocycles. The zero-order valence-electron chi connectivity index (χ0n) is 35.0. The van der Waals surface area contributed by atoms with Crippen LogP contribution in [0.1, 0.15) is 44.7 Å². The van der Waals surface area contributed by atoms with Crippen LogP contribution < -0.4 is 21.1 Å². The number of nitrogens with one attached hydrogen (secondary N) is 2. The highest BCUT2D eigenvalue weighted by molar-refractivity contribution is 6.06. The molecule has 5 N–H and O–H groups in total. The highest BCUT2D eigenvalue weighted by atomic mass is 16.6. The smallest absolute Gasteiger partial charge is 0.135 e. The third kappa shape index (κ3) is 11.9. The number of aliphatic imine (C=N–C) groups is 1. The minimum Gasteiger partial charge on any atom is -0.508 e. The van der Waals surface area contributed by atoms with Crippen molar-refractivity contribution >= 4 is 22.7 Å². The Bertz CT molecular complexity index is 1940. The normalized spacial score (nSPS) is 20.0. The van der Waals surface area contributed by atoms with Crippen LogP contribution in [0.4, 0.5) is 11.4 Å². The lowest BCUT2D eigenvalue weighted by Crippen LogP contribution is -2.36. The Morgan fingerprint density at radius 3 is 1.97 bits per heavy atom. The molecule has 2 aromatic heterocycles. The number of aryl methyl sites for hydroxylation is 1. The topological polar surface area (TPSA) is 184 Å². The van der Waals surface area contributed by atoms with Crippen LogP contribution in [0.5, 0.6) is 11.5 Å². The quantitative estimate of drug-likeness (QED) is 0.0257. The number of amidine groups is 1. The number of fused-ring (bicyclic) bond motifs is 2. The van der Waals surface area contributed by atoms with E-state index in [-0.39, 0.29) is 22.9 Å². The number of aromatic nitrogens is 2. The first kappa shape index (κ1) is 44.2. The molecule has 59 heavy (non-hydrogen) atoms. The molecule has 2 unspecified atom stereocenters. The molecule has 1 aliphatic heterocycles. The van der Waals surface area contributed by atoms with E-state index in [4.69, 9.17) is 53.7 Å². The van der Waals surface area contributed by atoms with E-state index in [1.54, 1.807) is 31.5 Å². The van der Waals surface area contributed by atoms with Crippen molar-refractivity contribution < 1.29 is 43.0 Å². The zero-order chi connectivity index (χ0) is 41.5. The molecule has 2 aliphatic rings. The Morgan fingerprint density at radius 2 is 1.42 bits per heavy atom. The van der Waals surface area contributed by atoms with Crippen molar-refractivity contribution in [3.63, 3.8) is 0 Å². The first-order valence-corrected chi connectivity index (χ1v) is 20.7. The number of nitrogens with two attached hydrogens (primary N) is 1. The van der Waals surface area contributed by atoms with Crippen LogP contribution in [0.15, 0.2) is 65.9 Å². The number of methoxy groups -OCH3 is 1. The van der Waals surface area contributed by atoms with Crippen molar-refractivity contribution in [1.82, 2.24) is 14.9 Å². The number of hydrogen-bond donors (Lipinski definition) is 4. The summed E-state index contributed by atoms with van der Waals surface area (Å²) in [6.07, 6.45) is 6.65. The Labute approximate surface area is 347 Å². The van der Waals surface area contributed by atoms with Gasteiger partial charge in [0, 0.05) is 30.5 Å². The lowest BCUT2D eigenvalue weighted by molar-refractivity contribution is -0.0199. The van der Waals surface area contributed by atoms with Gasteiger partial charge in [0.15, 0.2) is 0 Å². The Kier molecular flexibility index (Phi) is 16.3. The molecule has 322 valence electrons. The van der Waals surface area contributed by atoms with Crippen LogP contribution in [0.3, 0.4) is 0 Å². The molecule has 0 radical (unpaired) electrons. The second-order valence-corrected chi connectivity index (χ2v) is 15.1. The van der Waals surface area contributed by atoms with Crippen molar-refractivity contribution in [2.24, 2.45) is 10.7 Å². The van der Waals surface area contributed by atoms with E-state index in [9.17, 15) is 5.11 Å². The summed E-state index contributed by atoms with van der Waals surface area (Å²) in [5.41, 5.74) is 13.1. The number of piperidine rings is 1. The molecule has 0 amide bonds. The standard InChI is InChI=1S/C44H62N6O9/c1-5-32-28-35(51)8-11-38(32)47-42(45)37-30-46-50-31-34(29-39(50)41(37)48-40-12-13-43(2)44(40,3)49-43)33-6-9-36(10-7-33)59-27-26-58-25-24-57-23-22-56-21-20-55-19-18-54-17-16-53-15-14-52-4/h6-11,28-31,40,48-49,51H,5,12-27H2,1-4H3,(H2,45,47)/t40?,43-,44?/m0/s1. The van der Waals surface area contributed by atoms with Crippen molar-refractivity contribution in [2.45, 2.75) is 57.2 Å². The number of anilines is 1. The van der Waals surface area contributed by atoms with Gasteiger partial charge in [0.05, 0.1) is 120 Å². The maximum Gasteiger partial charge on any atom is 0.135 e. The summed E-state index contributed by atoms with van der Waals surface area (Å²) in [5.74, 6) is 1.32. The number of hydrogen-bond acceptors (Lipinski definition) is 13. The molecule has 1 saturated heterocycles. The second-order valence-electron chi connectivity index (χ2n) is 15.1. The van der Waals surface area contributed by atoms with Gasteiger partial charge < -0.3 is 59.4 Å². The molecule has 3 atom stereocenters. The van der Waals surface area contributed by atoms with E-state index in [1.165, 1.54) is 0 Å². The van der Waals surface area contributed by atoms with Crippen molar-refractivity contribution in [3.05, 3.63) is 72.1 Å². The summed E-state index contributed by atoms with van der Waals surface area (Å²) in [5, 5.41) is 22.4. The van der Waals surface area contributed by atoms with E-state index in [1.807, 2.05) is 41.9 Å². The monoisotopic (exact) mass is 818 g/mol. The Hall–Kier alpha value is -4.32. The summed E-state index contributed by atoms with van der Waals surface area (Å²) in [4.78, 5) is 4.83. The molecule has 15 heteroatoms. The predicted molar refractivity (Wildman–Crippen MR) is 227 cm³/mol. The van der Waals surface area contributed by atoms with E-state index in [0.717, 1.165) is 57.7 Å². The number of rotatable bonds is 28. The van der Waals surface area contributed by atoms with Gasteiger partial charge in [0.25, 0.3) is 0 Å². The first-order valence-electron chi connectivity index (χ1n) is 20.7. The molecule has 0 spiro atoms.